The van der Waals surface area contributed by atoms with Crippen LogP contribution < -0.4 is 0 Å². The summed E-state index contributed by atoms with van der Waals surface area (Å²) in [6.45, 7) is 5.34. The Hall–Kier alpha value is -1.20. The Labute approximate surface area is 124 Å². The molecule has 1 aromatic heterocycles. The van der Waals surface area contributed by atoms with Gasteiger partial charge < -0.3 is 9.52 Å². The molecule has 0 bridgehead atoms. The largest absolute Gasteiger partial charge is 0.466 e. The molecule has 0 aliphatic rings. The van der Waals surface area contributed by atoms with Crippen LogP contribution in [0.15, 0.2) is 21.0 Å². The quantitative estimate of drug-likeness (QED) is 0.830. The Bertz CT molecular complexity index is 650. The van der Waals surface area contributed by atoms with E-state index in [-0.39, 0.29) is 16.5 Å². The molecule has 2 nitrogen and oxygen atoms in total. The van der Waals surface area contributed by atoms with E-state index in [2.05, 4.69) is 15.9 Å². The highest BCUT2D eigenvalue weighted by atomic mass is 79.9. The standard InChI is InChI=1S/C15H15BrF2O2/c1-7-8(2)20-9(3)14(7)13(19)6-10-12(17)5-4-11(16)15(10)18/h4-5,13,19H,6H2,1-3H3. The van der Waals surface area contributed by atoms with Gasteiger partial charge in [0.2, 0.25) is 0 Å². The minimum Gasteiger partial charge on any atom is -0.466 e. The Morgan fingerprint density at radius 1 is 1.20 bits per heavy atom. The SMILES string of the molecule is Cc1oc(C)c(C(O)Cc2c(F)ccc(Br)c2F)c1C. The van der Waals surface area contributed by atoms with E-state index in [0.717, 1.165) is 5.56 Å². The van der Waals surface area contributed by atoms with Gasteiger partial charge in [-0.05, 0) is 54.4 Å². The van der Waals surface area contributed by atoms with E-state index in [1.807, 2.05) is 6.92 Å². The second kappa shape index (κ2) is 5.66. The minimum atomic E-state index is -1.01. The highest BCUT2D eigenvalue weighted by molar-refractivity contribution is 9.10. The van der Waals surface area contributed by atoms with E-state index >= 15 is 0 Å². The highest BCUT2D eigenvalue weighted by Gasteiger charge is 2.23. The molecule has 0 aliphatic heterocycles. The molecule has 0 aliphatic carbocycles. The van der Waals surface area contributed by atoms with Gasteiger partial charge in [0.1, 0.15) is 23.2 Å². The van der Waals surface area contributed by atoms with Gasteiger partial charge in [0.05, 0.1) is 10.6 Å². The third-order valence-corrected chi connectivity index (χ3v) is 4.10. The summed E-state index contributed by atoms with van der Waals surface area (Å²) in [6, 6.07) is 2.48. The van der Waals surface area contributed by atoms with Crippen LogP contribution in [-0.4, -0.2) is 5.11 Å². The second-order valence-corrected chi connectivity index (χ2v) is 5.65. The number of rotatable bonds is 3. The van der Waals surface area contributed by atoms with Crippen molar-refractivity contribution in [2.24, 2.45) is 0 Å². The number of hydrogen-bond donors (Lipinski definition) is 1. The fourth-order valence-electron chi connectivity index (χ4n) is 2.35. The van der Waals surface area contributed by atoms with Crippen LogP contribution in [0, 0.1) is 32.4 Å². The Balaban J connectivity index is 2.38. The van der Waals surface area contributed by atoms with E-state index in [4.69, 9.17) is 4.42 Å². The summed E-state index contributed by atoms with van der Waals surface area (Å²) in [5, 5.41) is 10.3. The van der Waals surface area contributed by atoms with Crippen molar-refractivity contribution < 1.29 is 18.3 Å². The lowest BCUT2D eigenvalue weighted by molar-refractivity contribution is 0.173. The fraction of sp³-hybridized carbons (Fsp3) is 0.333. The first-order valence-electron chi connectivity index (χ1n) is 6.19. The lowest BCUT2D eigenvalue weighted by Gasteiger charge is -2.13. The van der Waals surface area contributed by atoms with Gasteiger partial charge in [0, 0.05) is 17.5 Å². The number of aryl methyl sites for hydroxylation is 2. The lowest BCUT2D eigenvalue weighted by Crippen LogP contribution is -2.07. The van der Waals surface area contributed by atoms with Crippen LogP contribution in [0.4, 0.5) is 8.78 Å². The van der Waals surface area contributed by atoms with Crippen LogP contribution in [0.3, 0.4) is 0 Å². The number of aliphatic hydroxyl groups is 1. The molecule has 1 N–H and O–H groups in total. The Morgan fingerprint density at radius 2 is 1.85 bits per heavy atom. The molecule has 0 saturated heterocycles. The fourth-order valence-corrected chi connectivity index (χ4v) is 2.72. The first-order chi connectivity index (χ1) is 9.32. The van der Waals surface area contributed by atoms with Crippen molar-refractivity contribution in [3.63, 3.8) is 0 Å². The predicted molar refractivity (Wildman–Crippen MR) is 75.6 cm³/mol. The molecule has 0 radical (unpaired) electrons. The van der Waals surface area contributed by atoms with Crippen molar-refractivity contribution in [1.29, 1.82) is 0 Å². The summed E-state index contributed by atoms with van der Waals surface area (Å²) in [4.78, 5) is 0. The lowest BCUT2D eigenvalue weighted by atomic mass is 9.97. The first kappa shape index (κ1) is 15.2. The maximum atomic E-state index is 13.9. The number of hydrogen-bond acceptors (Lipinski definition) is 2. The van der Waals surface area contributed by atoms with E-state index in [1.165, 1.54) is 12.1 Å². The van der Waals surface area contributed by atoms with Gasteiger partial charge in [-0.25, -0.2) is 8.78 Å². The molecular weight excluding hydrogens is 330 g/mol. The molecule has 5 heteroatoms. The normalized spacial score (nSPS) is 12.8. The number of halogens is 3. The van der Waals surface area contributed by atoms with E-state index in [1.54, 1.807) is 13.8 Å². The van der Waals surface area contributed by atoms with Gasteiger partial charge in [-0.3, -0.25) is 0 Å². The second-order valence-electron chi connectivity index (χ2n) is 4.79. The van der Waals surface area contributed by atoms with Crippen LogP contribution >= 0.6 is 15.9 Å². The number of furan rings is 1. The monoisotopic (exact) mass is 344 g/mol. The van der Waals surface area contributed by atoms with E-state index in [0.29, 0.717) is 17.1 Å². The van der Waals surface area contributed by atoms with Crippen LogP contribution in [0.1, 0.15) is 34.3 Å². The molecular formula is C15H15BrF2O2. The van der Waals surface area contributed by atoms with Crippen LogP contribution in [0.25, 0.3) is 0 Å². The molecule has 20 heavy (non-hydrogen) atoms. The van der Waals surface area contributed by atoms with Crippen molar-refractivity contribution in [2.75, 3.05) is 0 Å². The molecule has 0 spiro atoms. The van der Waals surface area contributed by atoms with Crippen molar-refractivity contribution in [3.8, 4) is 0 Å². The summed E-state index contributed by atoms with van der Waals surface area (Å²) in [7, 11) is 0. The average Bonchev–Trinajstić information content (AvgIpc) is 2.63. The van der Waals surface area contributed by atoms with Gasteiger partial charge in [-0.2, -0.15) is 0 Å². The third kappa shape index (κ3) is 2.65. The van der Waals surface area contributed by atoms with Gasteiger partial charge >= 0.3 is 0 Å². The van der Waals surface area contributed by atoms with Crippen molar-refractivity contribution >= 4 is 15.9 Å². The van der Waals surface area contributed by atoms with Crippen LogP contribution in [0.2, 0.25) is 0 Å². The van der Waals surface area contributed by atoms with E-state index < -0.39 is 17.7 Å². The summed E-state index contributed by atoms with van der Waals surface area (Å²) in [5.74, 6) is -0.0742. The van der Waals surface area contributed by atoms with Gasteiger partial charge in [0.25, 0.3) is 0 Å². The highest BCUT2D eigenvalue weighted by Crippen LogP contribution is 2.31. The molecule has 108 valence electrons. The molecule has 0 amide bonds. The molecule has 1 atom stereocenters. The topological polar surface area (TPSA) is 33.4 Å². The van der Waals surface area contributed by atoms with E-state index in [9.17, 15) is 13.9 Å². The first-order valence-corrected chi connectivity index (χ1v) is 6.99. The Morgan fingerprint density at radius 3 is 2.40 bits per heavy atom. The zero-order valence-electron chi connectivity index (χ0n) is 11.4. The zero-order chi connectivity index (χ0) is 15.0. The summed E-state index contributed by atoms with van der Waals surface area (Å²) in [6.07, 6.45) is -1.15. The minimum absolute atomic E-state index is 0.135. The third-order valence-electron chi connectivity index (χ3n) is 3.49. The van der Waals surface area contributed by atoms with Gasteiger partial charge in [0.15, 0.2) is 0 Å². The molecule has 0 fully saturated rings. The van der Waals surface area contributed by atoms with Crippen LogP contribution in [-0.2, 0) is 6.42 Å². The van der Waals surface area contributed by atoms with Crippen molar-refractivity contribution in [3.05, 3.63) is 56.5 Å². The van der Waals surface area contributed by atoms with Crippen molar-refractivity contribution in [2.45, 2.75) is 33.3 Å². The van der Waals surface area contributed by atoms with Crippen molar-refractivity contribution in [1.82, 2.24) is 0 Å². The van der Waals surface area contributed by atoms with Gasteiger partial charge in [-0.15, -0.1) is 0 Å². The smallest absolute Gasteiger partial charge is 0.143 e. The van der Waals surface area contributed by atoms with Crippen LogP contribution in [0.5, 0.6) is 0 Å². The number of benzene rings is 1. The molecule has 0 saturated carbocycles. The molecule has 2 rings (SSSR count). The summed E-state index contributed by atoms with van der Waals surface area (Å²) in [5.41, 5.74) is 1.27. The molecule has 1 aromatic carbocycles. The average molecular weight is 345 g/mol. The molecule has 1 unspecified atom stereocenters. The number of aliphatic hydroxyl groups excluding tert-OH is 1. The summed E-state index contributed by atoms with van der Waals surface area (Å²) >= 11 is 3.02. The predicted octanol–water partition coefficient (Wildman–Crippen LogP) is 4.52. The molecule has 1 heterocycles. The summed E-state index contributed by atoms with van der Waals surface area (Å²) < 4.78 is 33.3. The molecule has 2 aromatic rings. The maximum absolute atomic E-state index is 13.9. The van der Waals surface area contributed by atoms with Gasteiger partial charge in [-0.1, -0.05) is 0 Å². The maximum Gasteiger partial charge on any atom is 0.143 e. The zero-order valence-corrected chi connectivity index (χ0v) is 13.0. The Kier molecular flexibility index (Phi) is 4.30.